The van der Waals surface area contributed by atoms with E-state index in [2.05, 4.69) is 10.3 Å². The third-order valence-electron chi connectivity index (χ3n) is 3.29. The van der Waals surface area contributed by atoms with Gasteiger partial charge in [0.05, 0.1) is 6.04 Å². The van der Waals surface area contributed by atoms with Crippen molar-refractivity contribution >= 4 is 42.1 Å². The Labute approximate surface area is 157 Å². The Hall–Kier alpha value is -1.25. The molecular weight excluding hydrogens is 374 g/mol. The number of halogens is 3. The summed E-state index contributed by atoms with van der Waals surface area (Å²) in [5, 5.41) is 5.28. The summed E-state index contributed by atoms with van der Waals surface area (Å²) < 4.78 is 13.0. The van der Waals surface area contributed by atoms with E-state index in [1.54, 1.807) is 17.5 Å². The van der Waals surface area contributed by atoms with Crippen LogP contribution in [0.2, 0.25) is 0 Å². The van der Waals surface area contributed by atoms with E-state index in [0.717, 1.165) is 10.6 Å². The second kappa shape index (κ2) is 10.6. The van der Waals surface area contributed by atoms with Crippen molar-refractivity contribution in [2.75, 3.05) is 20.6 Å². The van der Waals surface area contributed by atoms with E-state index in [9.17, 15) is 9.18 Å². The van der Waals surface area contributed by atoms with Gasteiger partial charge in [0, 0.05) is 18.5 Å². The molecule has 0 aliphatic rings. The van der Waals surface area contributed by atoms with Crippen molar-refractivity contribution < 1.29 is 9.18 Å². The quantitative estimate of drug-likeness (QED) is 0.789. The second-order valence-electron chi connectivity index (χ2n) is 5.07. The van der Waals surface area contributed by atoms with Crippen molar-refractivity contribution in [1.82, 2.24) is 15.2 Å². The highest BCUT2D eigenvalue weighted by Gasteiger charge is 2.17. The Morgan fingerprint density at radius 1 is 1.33 bits per heavy atom. The van der Waals surface area contributed by atoms with Crippen LogP contribution >= 0.6 is 36.2 Å². The monoisotopic (exact) mass is 394 g/mol. The van der Waals surface area contributed by atoms with Crippen LogP contribution in [0.5, 0.6) is 0 Å². The van der Waals surface area contributed by atoms with Crippen molar-refractivity contribution in [1.29, 1.82) is 0 Å². The predicted molar refractivity (Wildman–Crippen MR) is 99.7 cm³/mol. The van der Waals surface area contributed by atoms with Gasteiger partial charge in [-0.3, -0.25) is 4.79 Å². The maximum absolute atomic E-state index is 13.0. The number of nitrogens with one attached hydrogen (secondary N) is 1. The number of amides is 1. The average molecular weight is 395 g/mol. The van der Waals surface area contributed by atoms with Gasteiger partial charge in [-0.25, -0.2) is 9.37 Å². The third kappa shape index (κ3) is 5.99. The lowest BCUT2D eigenvalue weighted by molar-refractivity contribution is 0.0937. The molecule has 134 valence electrons. The largest absolute Gasteiger partial charge is 0.349 e. The van der Waals surface area contributed by atoms with Gasteiger partial charge in [-0.15, -0.1) is 36.2 Å². The molecule has 0 saturated heterocycles. The zero-order valence-electron chi connectivity index (χ0n) is 13.4. The number of hydrogen-bond acceptors (Lipinski definition) is 5. The predicted octanol–water partition coefficient (Wildman–Crippen LogP) is 2.62. The SMILES string of the molecule is CN(C)C(CNC(=O)c1csc(CN)n1)c1ccc(F)cc1.Cl.Cl. The zero-order valence-corrected chi connectivity index (χ0v) is 15.8. The molecule has 1 atom stereocenters. The van der Waals surface area contributed by atoms with Crippen LogP contribution in [0.15, 0.2) is 29.6 Å². The summed E-state index contributed by atoms with van der Waals surface area (Å²) in [7, 11) is 3.82. The van der Waals surface area contributed by atoms with Gasteiger partial charge >= 0.3 is 0 Å². The summed E-state index contributed by atoms with van der Waals surface area (Å²) in [6, 6.07) is 6.24. The van der Waals surface area contributed by atoms with Crippen LogP contribution in [-0.4, -0.2) is 36.4 Å². The minimum Gasteiger partial charge on any atom is -0.349 e. The van der Waals surface area contributed by atoms with E-state index in [1.807, 2.05) is 19.0 Å². The number of rotatable bonds is 6. The number of hydrogen-bond donors (Lipinski definition) is 2. The average Bonchev–Trinajstić information content (AvgIpc) is 2.98. The lowest BCUT2D eigenvalue weighted by Crippen LogP contribution is -2.34. The number of nitrogens with zero attached hydrogens (tertiary/aromatic N) is 2. The minimum absolute atomic E-state index is 0. The highest BCUT2D eigenvalue weighted by Crippen LogP contribution is 2.18. The van der Waals surface area contributed by atoms with Gasteiger partial charge in [-0.2, -0.15) is 0 Å². The first kappa shape index (κ1) is 22.8. The number of aromatic nitrogens is 1. The van der Waals surface area contributed by atoms with E-state index in [0.29, 0.717) is 18.8 Å². The number of benzene rings is 1. The molecule has 0 bridgehead atoms. The molecule has 1 heterocycles. The molecule has 1 unspecified atom stereocenters. The molecule has 0 aliphatic carbocycles. The summed E-state index contributed by atoms with van der Waals surface area (Å²) in [6.07, 6.45) is 0. The van der Waals surface area contributed by atoms with Crippen molar-refractivity contribution in [2.24, 2.45) is 5.73 Å². The Morgan fingerprint density at radius 2 is 1.96 bits per heavy atom. The zero-order chi connectivity index (χ0) is 16.1. The molecule has 0 aliphatic heterocycles. The van der Waals surface area contributed by atoms with Crippen LogP contribution in [0.1, 0.15) is 27.1 Å². The summed E-state index contributed by atoms with van der Waals surface area (Å²) in [5.41, 5.74) is 6.81. The first-order chi connectivity index (χ1) is 10.5. The Balaban J connectivity index is 0.00000264. The molecule has 0 radical (unpaired) electrons. The van der Waals surface area contributed by atoms with Gasteiger partial charge < -0.3 is 16.0 Å². The summed E-state index contributed by atoms with van der Waals surface area (Å²) in [4.78, 5) is 18.2. The van der Waals surface area contributed by atoms with Crippen molar-refractivity contribution in [3.8, 4) is 0 Å². The number of carbonyl (C=O) groups excluding carboxylic acids is 1. The lowest BCUT2D eigenvalue weighted by atomic mass is 10.1. The molecule has 1 aromatic carbocycles. The molecule has 5 nitrogen and oxygen atoms in total. The first-order valence-corrected chi connectivity index (χ1v) is 7.73. The minimum atomic E-state index is -0.276. The smallest absolute Gasteiger partial charge is 0.270 e. The van der Waals surface area contributed by atoms with E-state index < -0.39 is 0 Å². The summed E-state index contributed by atoms with van der Waals surface area (Å²) >= 11 is 1.37. The summed E-state index contributed by atoms with van der Waals surface area (Å²) in [5.74, 6) is -0.507. The van der Waals surface area contributed by atoms with Gasteiger partial charge in [0.1, 0.15) is 16.5 Å². The normalized spacial score (nSPS) is 11.4. The van der Waals surface area contributed by atoms with Crippen LogP contribution in [0.25, 0.3) is 0 Å². The molecule has 24 heavy (non-hydrogen) atoms. The maximum atomic E-state index is 13.0. The van der Waals surface area contributed by atoms with Crippen molar-refractivity contribution in [3.05, 3.63) is 51.7 Å². The molecule has 9 heteroatoms. The molecule has 2 aromatic rings. The maximum Gasteiger partial charge on any atom is 0.270 e. The molecule has 1 aromatic heterocycles. The molecule has 0 spiro atoms. The highest BCUT2D eigenvalue weighted by atomic mass is 35.5. The van der Waals surface area contributed by atoms with E-state index >= 15 is 0 Å². The van der Waals surface area contributed by atoms with E-state index in [-0.39, 0.29) is 42.6 Å². The number of thiazole rings is 1. The Kier molecular flexibility index (Phi) is 10.0. The standard InChI is InChI=1S/C15H19FN4OS.2ClH/c1-20(2)13(10-3-5-11(16)6-4-10)8-18-15(21)12-9-22-14(7-17)19-12;;/h3-6,9,13H,7-8,17H2,1-2H3,(H,18,21);2*1H. The van der Waals surface area contributed by atoms with E-state index in [1.165, 1.54) is 23.5 Å². The molecule has 3 N–H and O–H groups in total. The molecular formula is C15H21Cl2FN4OS. The van der Waals surface area contributed by atoms with Crippen LogP contribution in [-0.2, 0) is 6.54 Å². The fraction of sp³-hybridized carbons (Fsp3) is 0.333. The molecule has 0 fully saturated rings. The third-order valence-corrected chi connectivity index (χ3v) is 4.16. The molecule has 1 amide bonds. The van der Waals surface area contributed by atoms with Gasteiger partial charge in [-0.05, 0) is 31.8 Å². The topological polar surface area (TPSA) is 71.2 Å². The van der Waals surface area contributed by atoms with Gasteiger partial charge in [0.15, 0.2) is 0 Å². The van der Waals surface area contributed by atoms with Gasteiger partial charge in [0.25, 0.3) is 5.91 Å². The summed E-state index contributed by atoms with van der Waals surface area (Å²) in [6.45, 7) is 0.737. The second-order valence-corrected chi connectivity index (χ2v) is 6.01. The van der Waals surface area contributed by atoms with Crippen LogP contribution in [0.4, 0.5) is 4.39 Å². The Bertz CT molecular complexity index is 637. The van der Waals surface area contributed by atoms with Crippen LogP contribution in [0, 0.1) is 5.82 Å². The van der Waals surface area contributed by atoms with Crippen LogP contribution < -0.4 is 11.1 Å². The fourth-order valence-corrected chi connectivity index (χ4v) is 2.73. The van der Waals surface area contributed by atoms with E-state index in [4.69, 9.17) is 5.73 Å². The number of likely N-dealkylation sites (N-methyl/N-ethyl adjacent to an activating group) is 1. The molecule has 0 saturated carbocycles. The number of carbonyl (C=O) groups is 1. The Morgan fingerprint density at radius 3 is 2.46 bits per heavy atom. The van der Waals surface area contributed by atoms with Crippen LogP contribution in [0.3, 0.4) is 0 Å². The van der Waals surface area contributed by atoms with Crippen molar-refractivity contribution in [3.63, 3.8) is 0 Å². The molecule has 2 rings (SSSR count). The van der Waals surface area contributed by atoms with Crippen molar-refractivity contribution in [2.45, 2.75) is 12.6 Å². The van der Waals surface area contributed by atoms with Gasteiger partial charge in [-0.1, -0.05) is 12.1 Å². The lowest BCUT2D eigenvalue weighted by Gasteiger charge is -2.25. The number of nitrogens with two attached hydrogens (primary N) is 1. The first-order valence-electron chi connectivity index (χ1n) is 6.86. The fourth-order valence-electron chi connectivity index (χ4n) is 2.07. The van der Waals surface area contributed by atoms with Gasteiger partial charge in [0.2, 0.25) is 0 Å². The highest BCUT2D eigenvalue weighted by molar-refractivity contribution is 7.09.